The van der Waals surface area contributed by atoms with Crippen molar-refractivity contribution in [3.05, 3.63) is 58.2 Å². The number of aromatic nitrogens is 1. The van der Waals surface area contributed by atoms with Gasteiger partial charge in [0.25, 0.3) is 0 Å². The highest BCUT2D eigenvalue weighted by Crippen LogP contribution is 2.44. The molecule has 1 unspecified atom stereocenters. The predicted octanol–water partition coefficient (Wildman–Crippen LogP) is 2.89. The van der Waals surface area contributed by atoms with Gasteiger partial charge in [-0.25, -0.2) is 9.36 Å². The number of para-hydroxylation sites is 1. The van der Waals surface area contributed by atoms with E-state index in [1.807, 2.05) is 44.6 Å². The zero-order valence-electron chi connectivity index (χ0n) is 16.0. The summed E-state index contributed by atoms with van der Waals surface area (Å²) in [4.78, 5) is 23.0. The molecule has 0 aliphatic rings. The molecule has 10 heteroatoms. The average molecular weight is 410 g/mol. The molecule has 0 fully saturated rings. The maximum absolute atomic E-state index is 12.2. The Morgan fingerprint density at radius 2 is 1.96 bits per heavy atom. The Kier molecular flexibility index (Phi) is 6.22. The number of hydrogen-bond acceptors (Lipinski definition) is 7. The minimum Gasteiger partial charge on any atom is -0.396 e. The van der Waals surface area contributed by atoms with Gasteiger partial charge in [-0.3, -0.25) is 9.05 Å². The second kappa shape index (κ2) is 8.46. The number of nitrogens with zero attached hydrogens (tertiary/aromatic N) is 2. The molecule has 0 radical (unpaired) electrons. The van der Waals surface area contributed by atoms with Gasteiger partial charge < -0.3 is 23.2 Å². The minimum absolute atomic E-state index is 0.0419. The van der Waals surface area contributed by atoms with Gasteiger partial charge in [-0.15, -0.1) is 0 Å². The molecule has 0 saturated carbocycles. The third-order valence-electron chi connectivity index (χ3n) is 4.25. The van der Waals surface area contributed by atoms with Crippen molar-refractivity contribution in [2.75, 3.05) is 20.6 Å². The van der Waals surface area contributed by atoms with Gasteiger partial charge in [-0.1, -0.05) is 18.2 Å². The van der Waals surface area contributed by atoms with Gasteiger partial charge in [0.1, 0.15) is 19.1 Å². The zero-order chi connectivity index (χ0) is 20.3. The van der Waals surface area contributed by atoms with E-state index >= 15 is 0 Å². The Balaban J connectivity index is 1.69. The number of benzene rings is 1. The van der Waals surface area contributed by atoms with Crippen LogP contribution in [0.15, 0.2) is 44.1 Å². The van der Waals surface area contributed by atoms with E-state index in [2.05, 4.69) is 9.32 Å². The maximum atomic E-state index is 12.2. The van der Waals surface area contributed by atoms with Gasteiger partial charge in [-0.2, -0.15) is 0 Å². The summed E-state index contributed by atoms with van der Waals surface area (Å²) in [5.74, 6) is -0.666. The van der Waals surface area contributed by atoms with Gasteiger partial charge in [0.05, 0.1) is 5.52 Å². The Bertz CT molecular complexity index is 1050. The van der Waals surface area contributed by atoms with Crippen LogP contribution in [0.3, 0.4) is 0 Å². The van der Waals surface area contributed by atoms with E-state index in [0.717, 1.165) is 29.4 Å². The maximum Gasteiger partial charge on any atom is 0.519 e. The van der Waals surface area contributed by atoms with Crippen molar-refractivity contribution in [3.63, 3.8) is 0 Å². The summed E-state index contributed by atoms with van der Waals surface area (Å²) in [5, 5.41) is 1.07. The first-order valence-electron chi connectivity index (χ1n) is 8.68. The van der Waals surface area contributed by atoms with Gasteiger partial charge in [0.15, 0.2) is 5.76 Å². The van der Waals surface area contributed by atoms with Crippen LogP contribution < -0.4 is 5.82 Å². The molecule has 152 valence electrons. The monoisotopic (exact) mass is 410 g/mol. The quantitative estimate of drug-likeness (QED) is 0.537. The lowest BCUT2D eigenvalue weighted by Crippen LogP contribution is -2.14. The summed E-state index contributed by atoms with van der Waals surface area (Å²) in [6.07, 6.45) is 2.75. The zero-order valence-corrected chi connectivity index (χ0v) is 16.8. The summed E-state index contributed by atoms with van der Waals surface area (Å²) in [6.45, 7) is 1.80. The summed E-state index contributed by atoms with van der Waals surface area (Å²) in [5.41, 5.74) is 2.02. The fraction of sp³-hybridized carbons (Fsp3) is 0.389. The van der Waals surface area contributed by atoms with Crippen molar-refractivity contribution in [1.82, 2.24) is 9.47 Å². The molecule has 0 bridgehead atoms. The second-order valence-corrected chi connectivity index (χ2v) is 8.08. The first kappa shape index (κ1) is 20.6. The van der Waals surface area contributed by atoms with Crippen LogP contribution in [0.5, 0.6) is 0 Å². The molecule has 0 saturated heterocycles. The van der Waals surface area contributed by atoms with Crippen molar-refractivity contribution in [2.45, 2.75) is 26.7 Å². The molecule has 2 heterocycles. The first-order valence-corrected chi connectivity index (χ1v) is 10.2. The molecular weight excluding hydrogens is 387 g/mol. The standard InChI is InChI=1S/C18H23N2O7P/c1-13-17(27-18(21)26-13)11-24-28(22,23)25-12-20-10-14(8-9-19(2)3)15-6-4-5-7-16(15)20/h4-7,10H,8-9,11-12H2,1-3H3,(H,22,23). The van der Waals surface area contributed by atoms with E-state index in [0.29, 0.717) is 0 Å². The second-order valence-electron chi connectivity index (χ2n) is 6.63. The van der Waals surface area contributed by atoms with Crippen LogP contribution in [-0.2, 0) is 33.4 Å². The lowest BCUT2D eigenvalue weighted by atomic mass is 10.1. The summed E-state index contributed by atoms with van der Waals surface area (Å²) < 4.78 is 33.4. The minimum atomic E-state index is -4.37. The molecule has 1 atom stereocenters. The Labute approximate surface area is 161 Å². The summed E-state index contributed by atoms with van der Waals surface area (Å²) in [7, 11) is -0.356. The van der Waals surface area contributed by atoms with Crippen molar-refractivity contribution < 1.29 is 27.3 Å². The van der Waals surface area contributed by atoms with E-state index < -0.39 is 20.3 Å². The van der Waals surface area contributed by atoms with E-state index in [1.54, 1.807) is 4.57 Å². The highest BCUT2D eigenvalue weighted by Gasteiger charge is 2.24. The van der Waals surface area contributed by atoms with Crippen molar-refractivity contribution >= 4 is 18.7 Å². The molecule has 1 N–H and O–H groups in total. The molecule has 3 rings (SSSR count). The summed E-state index contributed by atoms with van der Waals surface area (Å²) in [6, 6.07) is 7.78. The number of hydrogen-bond donors (Lipinski definition) is 1. The average Bonchev–Trinajstić information content (AvgIpc) is 3.16. The number of fused-ring (bicyclic) bond motifs is 1. The topological polar surface area (TPSA) is 107 Å². The highest BCUT2D eigenvalue weighted by molar-refractivity contribution is 7.47. The van der Waals surface area contributed by atoms with E-state index in [-0.39, 0.29) is 18.3 Å². The van der Waals surface area contributed by atoms with Crippen LogP contribution in [0.25, 0.3) is 10.9 Å². The summed E-state index contributed by atoms with van der Waals surface area (Å²) >= 11 is 0. The lowest BCUT2D eigenvalue weighted by molar-refractivity contribution is 0.109. The molecule has 0 spiro atoms. The molecule has 9 nitrogen and oxygen atoms in total. The van der Waals surface area contributed by atoms with Crippen LogP contribution >= 0.6 is 7.82 Å². The van der Waals surface area contributed by atoms with Crippen molar-refractivity contribution in [2.24, 2.45) is 0 Å². The first-order chi connectivity index (χ1) is 13.2. The number of rotatable bonds is 9. The van der Waals surface area contributed by atoms with Gasteiger partial charge in [-0.05, 0) is 39.1 Å². The fourth-order valence-electron chi connectivity index (χ4n) is 2.79. The van der Waals surface area contributed by atoms with E-state index in [4.69, 9.17) is 13.5 Å². The fourth-order valence-corrected chi connectivity index (χ4v) is 3.42. The molecule has 0 aliphatic heterocycles. The van der Waals surface area contributed by atoms with Crippen LogP contribution in [-0.4, -0.2) is 35.0 Å². The van der Waals surface area contributed by atoms with Crippen LogP contribution in [0.1, 0.15) is 17.1 Å². The number of likely N-dealkylation sites (N-methyl/N-ethyl adjacent to an activating group) is 1. The van der Waals surface area contributed by atoms with Crippen LogP contribution in [0, 0.1) is 6.92 Å². The SMILES string of the molecule is Cc1oc(=O)oc1COP(=O)(O)OCn1cc(CCN(C)C)c2ccccc21. The van der Waals surface area contributed by atoms with Crippen molar-refractivity contribution in [1.29, 1.82) is 0 Å². The van der Waals surface area contributed by atoms with E-state index in [1.165, 1.54) is 6.92 Å². The number of aryl methyl sites for hydroxylation is 1. The predicted molar refractivity (Wildman–Crippen MR) is 102 cm³/mol. The molecule has 0 amide bonds. The molecule has 28 heavy (non-hydrogen) atoms. The van der Waals surface area contributed by atoms with Crippen molar-refractivity contribution in [3.8, 4) is 0 Å². The Hall–Kier alpha value is -2.16. The van der Waals surface area contributed by atoms with Gasteiger partial charge >= 0.3 is 13.6 Å². The normalized spacial score (nSPS) is 14.0. The molecule has 1 aromatic carbocycles. The Morgan fingerprint density at radius 1 is 1.21 bits per heavy atom. The number of phosphoric acid groups is 1. The molecule has 2 aromatic heterocycles. The lowest BCUT2D eigenvalue weighted by Gasteiger charge is -2.12. The van der Waals surface area contributed by atoms with Gasteiger partial charge in [0.2, 0.25) is 0 Å². The molecule has 3 aromatic rings. The van der Waals surface area contributed by atoms with Gasteiger partial charge in [0, 0.05) is 18.1 Å². The van der Waals surface area contributed by atoms with Crippen LogP contribution in [0.2, 0.25) is 0 Å². The number of phosphoric ester groups is 1. The smallest absolute Gasteiger partial charge is 0.396 e. The largest absolute Gasteiger partial charge is 0.519 e. The third kappa shape index (κ3) is 5.01. The van der Waals surface area contributed by atoms with Crippen LogP contribution in [0.4, 0.5) is 0 Å². The highest BCUT2D eigenvalue weighted by atomic mass is 31.2. The van der Waals surface area contributed by atoms with E-state index in [9.17, 15) is 14.3 Å². The molecule has 0 aliphatic carbocycles. The third-order valence-corrected chi connectivity index (χ3v) is 5.15. The molecular formula is C18H23N2O7P. The Morgan fingerprint density at radius 3 is 2.64 bits per heavy atom.